The number of carbonyl (C=O) groups is 2. The number of para-hydroxylation sites is 1. The molecule has 3 aromatic carbocycles. The molecule has 0 aliphatic carbocycles. The number of amides is 1. The summed E-state index contributed by atoms with van der Waals surface area (Å²) < 4.78 is 44.6. The van der Waals surface area contributed by atoms with Crippen LogP contribution in [-0.2, 0) is 36.6 Å². The Labute approximate surface area is 226 Å². The molecule has 0 saturated heterocycles. The molecule has 39 heavy (non-hydrogen) atoms. The van der Waals surface area contributed by atoms with Crippen LogP contribution < -0.4 is 4.90 Å². The van der Waals surface area contributed by atoms with Crippen molar-refractivity contribution in [1.29, 1.82) is 0 Å². The number of hydrogen-bond donors (Lipinski definition) is 0. The van der Waals surface area contributed by atoms with Gasteiger partial charge in [0.2, 0.25) is 10.0 Å². The van der Waals surface area contributed by atoms with Gasteiger partial charge in [0.05, 0.1) is 22.7 Å². The van der Waals surface area contributed by atoms with Crippen LogP contribution >= 0.6 is 0 Å². The van der Waals surface area contributed by atoms with E-state index in [1.807, 2.05) is 6.07 Å². The van der Waals surface area contributed by atoms with Crippen LogP contribution in [0.3, 0.4) is 0 Å². The molecule has 0 radical (unpaired) electrons. The Hall–Kier alpha value is -4.15. The number of aryl methyl sites for hydroxylation is 1. The van der Waals surface area contributed by atoms with Gasteiger partial charge in [-0.2, -0.15) is 9.40 Å². The summed E-state index contributed by atoms with van der Waals surface area (Å²) in [6.07, 6.45) is 0.441. The smallest absolute Gasteiger partial charge is 0.261 e. The van der Waals surface area contributed by atoms with Crippen LogP contribution in [0.5, 0.6) is 0 Å². The van der Waals surface area contributed by atoms with Crippen molar-refractivity contribution in [2.75, 3.05) is 11.4 Å². The number of hydrogen-bond acceptors (Lipinski definition) is 5. The van der Waals surface area contributed by atoms with E-state index in [9.17, 15) is 22.4 Å². The Morgan fingerprint density at radius 3 is 2.31 bits per heavy atom. The van der Waals surface area contributed by atoms with E-state index >= 15 is 0 Å². The molecular weight excluding hydrogens is 519 g/mol. The highest BCUT2D eigenvalue weighted by molar-refractivity contribution is 7.89. The number of anilines is 1. The summed E-state index contributed by atoms with van der Waals surface area (Å²) in [5.41, 5.74) is 3.07. The molecule has 4 aromatic rings. The molecule has 2 heterocycles. The minimum Gasteiger partial charge on any atom is -0.302 e. The molecule has 200 valence electrons. The molecular formula is C29H27FN4O4S. The molecule has 0 N–H and O–H groups in total. The molecule has 5 rings (SSSR count). The average molecular weight is 547 g/mol. The molecule has 8 nitrogen and oxygen atoms in total. The first-order valence-corrected chi connectivity index (χ1v) is 13.9. The first-order valence-electron chi connectivity index (χ1n) is 12.4. The normalized spacial score (nSPS) is 13.6. The number of sulfonamides is 1. The third-order valence-corrected chi connectivity index (χ3v) is 8.77. The van der Waals surface area contributed by atoms with Crippen LogP contribution in [0.15, 0.2) is 83.8 Å². The summed E-state index contributed by atoms with van der Waals surface area (Å²) in [6.45, 7) is 1.79. The number of benzene rings is 3. The number of Topliss-reactive ketones (excluding diaryl/α,β-unsaturated/α-hetero) is 1. The molecule has 1 amide bonds. The molecule has 1 aromatic heterocycles. The summed E-state index contributed by atoms with van der Waals surface area (Å²) in [5, 5.41) is 4.65. The highest BCUT2D eigenvalue weighted by atomic mass is 32.2. The largest absolute Gasteiger partial charge is 0.302 e. The summed E-state index contributed by atoms with van der Waals surface area (Å²) in [4.78, 5) is 26.7. The fraction of sp³-hybridized carbons (Fsp3) is 0.207. The van der Waals surface area contributed by atoms with Gasteiger partial charge >= 0.3 is 0 Å². The zero-order chi connectivity index (χ0) is 27.7. The second-order valence-corrected chi connectivity index (χ2v) is 11.3. The van der Waals surface area contributed by atoms with Gasteiger partial charge in [0, 0.05) is 49.1 Å². The van der Waals surface area contributed by atoms with E-state index in [0.717, 1.165) is 11.3 Å². The molecule has 10 heteroatoms. The predicted molar refractivity (Wildman–Crippen MR) is 144 cm³/mol. The number of fused-ring (bicyclic) bond motifs is 1. The lowest BCUT2D eigenvalue weighted by Crippen LogP contribution is -2.37. The Bertz CT molecular complexity index is 1650. The Morgan fingerprint density at radius 2 is 1.64 bits per heavy atom. The van der Waals surface area contributed by atoms with Gasteiger partial charge in [-0.25, -0.2) is 12.8 Å². The third kappa shape index (κ3) is 5.13. The average Bonchev–Trinajstić information content (AvgIpc) is 3.26. The van der Waals surface area contributed by atoms with Gasteiger partial charge in [0.1, 0.15) is 5.82 Å². The van der Waals surface area contributed by atoms with Crippen LogP contribution in [0.25, 0.3) is 0 Å². The van der Waals surface area contributed by atoms with Crippen molar-refractivity contribution in [2.24, 2.45) is 7.05 Å². The minimum atomic E-state index is -3.85. The maximum Gasteiger partial charge on any atom is 0.261 e. The van der Waals surface area contributed by atoms with Crippen molar-refractivity contribution < 1.29 is 22.4 Å². The Balaban J connectivity index is 1.48. The highest BCUT2D eigenvalue weighted by Gasteiger charge is 2.33. The second-order valence-electron chi connectivity index (χ2n) is 9.37. The highest BCUT2D eigenvalue weighted by Crippen LogP contribution is 2.29. The zero-order valence-corrected chi connectivity index (χ0v) is 22.4. The molecule has 0 unspecified atom stereocenters. The van der Waals surface area contributed by atoms with Crippen molar-refractivity contribution in [3.8, 4) is 0 Å². The topological polar surface area (TPSA) is 92.6 Å². The summed E-state index contributed by atoms with van der Waals surface area (Å²) >= 11 is 0. The molecule has 1 aliphatic heterocycles. The molecule has 0 saturated carbocycles. The molecule has 0 atom stereocenters. The molecule has 0 bridgehead atoms. The summed E-state index contributed by atoms with van der Waals surface area (Å²) in [6, 6.07) is 20.6. The summed E-state index contributed by atoms with van der Waals surface area (Å²) in [5.74, 6) is -1.29. The van der Waals surface area contributed by atoms with E-state index in [1.54, 1.807) is 42.1 Å². The number of ketones is 1. The van der Waals surface area contributed by atoms with Crippen LogP contribution in [0, 0.1) is 5.82 Å². The lowest BCUT2D eigenvalue weighted by Gasteiger charge is -2.28. The van der Waals surface area contributed by atoms with Gasteiger partial charge in [-0.1, -0.05) is 42.5 Å². The van der Waals surface area contributed by atoms with Gasteiger partial charge < -0.3 is 4.90 Å². The van der Waals surface area contributed by atoms with E-state index in [1.165, 1.54) is 58.6 Å². The van der Waals surface area contributed by atoms with E-state index in [0.29, 0.717) is 23.4 Å². The zero-order valence-electron chi connectivity index (χ0n) is 21.5. The fourth-order valence-corrected chi connectivity index (χ4v) is 6.21. The molecule has 0 fully saturated rings. The maximum atomic E-state index is 14.6. The van der Waals surface area contributed by atoms with E-state index in [-0.39, 0.29) is 35.9 Å². The Kier molecular flexibility index (Phi) is 7.16. The van der Waals surface area contributed by atoms with E-state index in [2.05, 4.69) is 5.10 Å². The van der Waals surface area contributed by atoms with Gasteiger partial charge in [-0.05, 0) is 43.3 Å². The maximum absolute atomic E-state index is 14.6. The van der Waals surface area contributed by atoms with Gasteiger partial charge in [0.15, 0.2) is 5.78 Å². The minimum absolute atomic E-state index is 0.0293. The van der Waals surface area contributed by atoms with Crippen molar-refractivity contribution in [3.05, 3.63) is 113 Å². The lowest BCUT2D eigenvalue weighted by molar-refractivity contribution is 0.0979. The molecule has 0 spiro atoms. The SMILES string of the molecule is CC(=O)c1ccc(S(=O)(=O)N2CCc3c(c(CN(C(=O)c4ccccc4F)c4ccccc4)nn3C)C2)cc1. The number of halogens is 1. The van der Waals surface area contributed by atoms with E-state index < -0.39 is 21.7 Å². The van der Waals surface area contributed by atoms with Crippen molar-refractivity contribution in [2.45, 2.75) is 31.3 Å². The van der Waals surface area contributed by atoms with Gasteiger partial charge in [0.25, 0.3) is 5.91 Å². The second kappa shape index (κ2) is 10.5. The quantitative estimate of drug-likeness (QED) is 0.321. The van der Waals surface area contributed by atoms with Crippen LogP contribution in [0.2, 0.25) is 0 Å². The fourth-order valence-electron chi connectivity index (χ4n) is 4.81. The van der Waals surface area contributed by atoms with Gasteiger partial charge in [-0.15, -0.1) is 0 Å². The van der Waals surface area contributed by atoms with Crippen molar-refractivity contribution >= 4 is 27.4 Å². The summed E-state index contributed by atoms with van der Waals surface area (Å²) in [7, 11) is -2.06. The first kappa shape index (κ1) is 26.5. The van der Waals surface area contributed by atoms with Crippen LogP contribution in [0.4, 0.5) is 10.1 Å². The molecule has 1 aliphatic rings. The Morgan fingerprint density at radius 1 is 0.974 bits per heavy atom. The third-order valence-electron chi connectivity index (χ3n) is 6.91. The number of rotatable bonds is 7. The monoisotopic (exact) mass is 546 g/mol. The first-order chi connectivity index (χ1) is 18.7. The van der Waals surface area contributed by atoms with Crippen LogP contribution in [-0.4, -0.2) is 40.7 Å². The number of carbonyl (C=O) groups excluding carboxylic acids is 2. The van der Waals surface area contributed by atoms with Crippen LogP contribution in [0.1, 0.15) is 44.6 Å². The predicted octanol–water partition coefficient (Wildman–Crippen LogP) is 4.36. The van der Waals surface area contributed by atoms with Gasteiger partial charge in [-0.3, -0.25) is 14.3 Å². The standard InChI is InChI=1S/C29H27FN4O4S/c1-20(35)21-12-14-23(15-13-21)39(37,38)33-17-16-28-25(18-33)27(31-32(28)2)19-34(22-8-4-3-5-9-22)29(36)24-10-6-7-11-26(24)30/h3-15H,16-19H2,1-2H3. The van der Waals surface area contributed by atoms with E-state index in [4.69, 9.17) is 0 Å². The number of nitrogens with zero attached hydrogens (tertiary/aromatic N) is 4. The number of aromatic nitrogens is 2. The van der Waals surface area contributed by atoms with Crippen molar-refractivity contribution in [1.82, 2.24) is 14.1 Å². The van der Waals surface area contributed by atoms with Crippen molar-refractivity contribution in [3.63, 3.8) is 0 Å². The lowest BCUT2D eigenvalue weighted by atomic mass is 10.1.